The molecule has 1 saturated heterocycles. The molecule has 256 valence electrons. The second kappa shape index (κ2) is 14.7. The fourth-order valence-corrected chi connectivity index (χ4v) is 6.13. The number of terminal acetylenes is 1. The van der Waals surface area contributed by atoms with Crippen molar-refractivity contribution in [1.29, 1.82) is 0 Å². The van der Waals surface area contributed by atoms with Crippen LogP contribution in [0.2, 0.25) is 0 Å². The molecule has 1 aliphatic heterocycles. The first kappa shape index (κ1) is 37.3. The molecule has 1 saturated carbocycles. The second-order valence-electron chi connectivity index (χ2n) is 15.1. The van der Waals surface area contributed by atoms with Crippen molar-refractivity contribution in [3.05, 3.63) is 35.4 Å². The fourth-order valence-electron chi connectivity index (χ4n) is 6.13. The van der Waals surface area contributed by atoms with Crippen molar-refractivity contribution < 1.29 is 28.8 Å². The summed E-state index contributed by atoms with van der Waals surface area (Å²) < 4.78 is 0. The molecular formula is C36H51N5O6. The number of nitrogens with zero attached hydrogens (tertiary/aromatic N) is 1. The Labute approximate surface area is 278 Å². The topological polar surface area (TPSA) is 168 Å². The normalized spacial score (nSPS) is 20.0. The highest BCUT2D eigenvalue weighted by atomic mass is 16.2. The third-order valence-electron chi connectivity index (χ3n) is 9.35. The average Bonchev–Trinajstić information content (AvgIpc) is 3.69. The minimum Gasteiger partial charge on any atom is -0.363 e. The molecule has 5 amide bonds. The van der Waals surface area contributed by atoms with Gasteiger partial charge in [-0.1, -0.05) is 77.3 Å². The lowest BCUT2D eigenvalue weighted by molar-refractivity contribution is -0.144. The van der Waals surface area contributed by atoms with Gasteiger partial charge >= 0.3 is 6.03 Å². The van der Waals surface area contributed by atoms with Gasteiger partial charge in [-0.2, -0.15) is 0 Å². The molecule has 11 heteroatoms. The van der Waals surface area contributed by atoms with E-state index in [0.29, 0.717) is 12.0 Å². The number of carbonyl (C=O) groups is 6. The number of primary amides is 1. The van der Waals surface area contributed by atoms with Crippen LogP contribution < -0.4 is 21.7 Å². The van der Waals surface area contributed by atoms with E-state index in [1.165, 1.54) is 4.90 Å². The molecule has 3 rings (SSSR count). The first-order valence-electron chi connectivity index (χ1n) is 16.4. The van der Waals surface area contributed by atoms with E-state index in [-0.39, 0.29) is 30.6 Å². The van der Waals surface area contributed by atoms with Crippen molar-refractivity contribution in [3.63, 3.8) is 0 Å². The Balaban J connectivity index is 1.89. The minimum absolute atomic E-state index is 0.181. The number of likely N-dealkylation sites (tertiary alicyclic amines) is 1. The molecular weight excluding hydrogens is 598 g/mol. The van der Waals surface area contributed by atoms with E-state index in [4.69, 9.17) is 12.2 Å². The van der Waals surface area contributed by atoms with Crippen LogP contribution in [-0.4, -0.2) is 70.9 Å². The number of amides is 5. The molecule has 1 heterocycles. The molecule has 2 aliphatic rings. The van der Waals surface area contributed by atoms with E-state index in [9.17, 15) is 28.8 Å². The molecule has 2 fully saturated rings. The number of hydrogen-bond donors (Lipinski definition) is 4. The number of urea groups is 1. The van der Waals surface area contributed by atoms with Crippen LogP contribution in [0.5, 0.6) is 0 Å². The van der Waals surface area contributed by atoms with Crippen LogP contribution in [0.4, 0.5) is 4.79 Å². The third-order valence-corrected chi connectivity index (χ3v) is 9.35. The predicted molar refractivity (Wildman–Crippen MR) is 179 cm³/mol. The van der Waals surface area contributed by atoms with Crippen LogP contribution in [0.25, 0.3) is 0 Å². The summed E-state index contributed by atoms with van der Waals surface area (Å²) in [6.07, 6.45) is 8.33. The lowest BCUT2D eigenvalue weighted by Crippen LogP contribution is -2.62. The highest BCUT2D eigenvalue weighted by Crippen LogP contribution is 2.40. The summed E-state index contributed by atoms with van der Waals surface area (Å²) in [5.74, 6) is -1.18. The van der Waals surface area contributed by atoms with E-state index >= 15 is 0 Å². The monoisotopic (exact) mass is 649 g/mol. The average molecular weight is 650 g/mol. The van der Waals surface area contributed by atoms with Crippen LogP contribution in [0, 0.1) is 47.9 Å². The summed E-state index contributed by atoms with van der Waals surface area (Å²) in [6, 6.07) is 2.25. The maximum absolute atomic E-state index is 14.4. The first-order chi connectivity index (χ1) is 21.8. The Bertz CT molecular complexity index is 1420. The van der Waals surface area contributed by atoms with E-state index in [0.717, 1.165) is 18.4 Å². The van der Waals surface area contributed by atoms with Crippen molar-refractivity contribution in [3.8, 4) is 12.3 Å². The van der Waals surface area contributed by atoms with Crippen LogP contribution in [0.1, 0.15) is 90.1 Å². The molecule has 5 N–H and O–H groups in total. The van der Waals surface area contributed by atoms with Crippen LogP contribution >= 0.6 is 0 Å². The van der Waals surface area contributed by atoms with E-state index in [1.54, 1.807) is 32.9 Å². The number of benzene rings is 1. The number of ketones is 2. The number of hydrogen-bond acceptors (Lipinski definition) is 6. The molecule has 0 aromatic heterocycles. The van der Waals surface area contributed by atoms with Gasteiger partial charge in [0, 0.05) is 23.4 Å². The summed E-state index contributed by atoms with van der Waals surface area (Å²) in [4.78, 5) is 81.1. The molecule has 11 nitrogen and oxygen atoms in total. The van der Waals surface area contributed by atoms with Gasteiger partial charge in [-0.05, 0) is 50.9 Å². The molecule has 0 spiro atoms. The fraction of sp³-hybridized carbons (Fsp3) is 0.611. The standard InChI is InChI=1S/C36H51N5O6/c1-10-36(8,9)24-17-18-41(27(24)32(45)38-25(19-22-13-14-22)29(43)31(37)44)33(46)30(35(5,6)7)40-34(47)39-26(20(2)3)28(42)23-15-11-21(4)12-16-23/h1,11-12,15-16,20,22,24-27,30H,13-14,17-19H2,2-9H3,(H2,37,44)(H,38,45)(H2,39,40,47)/t24-,25?,26-,27-,30+/m0/s1. The Morgan fingerprint density at radius 1 is 0.957 bits per heavy atom. The lowest BCUT2D eigenvalue weighted by Gasteiger charge is -2.38. The zero-order valence-corrected chi connectivity index (χ0v) is 28.9. The van der Waals surface area contributed by atoms with E-state index < -0.39 is 70.5 Å². The second-order valence-corrected chi connectivity index (χ2v) is 15.1. The molecule has 5 atom stereocenters. The number of carbonyl (C=O) groups excluding carboxylic acids is 6. The Hall–Kier alpha value is -4.20. The quantitative estimate of drug-likeness (QED) is 0.146. The zero-order valence-electron chi connectivity index (χ0n) is 28.9. The summed E-state index contributed by atoms with van der Waals surface area (Å²) in [5, 5.41) is 8.28. The van der Waals surface area contributed by atoms with Gasteiger partial charge in [0.15, 0.2) is 5.78 Å². The van der Waals surface area contributed by atoms with E-state index in [2.05, 4.69) is 21.9 Å². The highest BCUT2D eigenvalue weighted by Gasteiger charge is 2.51. The van der Waals surface area contributed by atoms with Crippen LogP contribution in [0.3, 0.4) is 0 Å². The summed E-state index contributed by atoms with van der Waals surface area (Å²) in [5.41, 5.74) is 5.15. The molecule has 1 aromatic rings. The van der Waals surface area contributed by atoms with Gasteiger partial charge in [-0.15, -0.1) is 12.3 Å². The molecule has 0 radical (unpaired) electrons. The van der Waals surface area contributed by atoms with E-state index in [1.807, 2.05) is 46.8 Å². The number of nitrogens with one attached hydrogen (secondary N) is 3. The summed E-state index contributed by atoms with van der Waals surface area (Å²) in [7, 11) is 0. The Kier molecular flexibility index (Phi) is 11.7. The molecule has 47 heavy (non-hydrogen) atoms. The maximum Gasteiger partial charge on any atom is 0.316 e. The number of aryl methyl sites for hydroxylation is 1. The number of nitrogens with two attached hydrogens (primary N) is 1. The summed E-state index contributed by atoms with van der Waals surface area (Å²) in [6.45, 7) is 14.7. The van der Waals surface area contributed by atoms with Gasteiger partial charge in [-0.3, -0.25) is 24.0 Å². The Morgan fingerprint density at radius 3 is 2.04 bits per heavy atom. The van der Waals surface area contributed by atoms with Crippen LogP contribution in [0.15, 0.2) is 24.3 Å². The first-order valence-corrected chi connectivity index (χ1v) is 16.4. The van der Waals surface area contributed by atoms with Gasteiger partial charge < -0.3 is 26.6 Å². The van der Waals surface area contributed by atoms with Gasteiger partial charge in [0.2, 0.25) is 17.6 Å². The van der Waals surface area contributed by atoms with Gasteiger partial charge in [0.1, 0.15) is 12.1 Å². The van der Waals surface area contributed by atoms with Crippen molar-refractivity contribution >= 4 is 35.3 Å². The maximum atomic E-state index is 14.4. The molecule has 0 bridgehead atoms. The molecule has 1 aromatic carbocycles. The zero-order chi connectivity index (χ0) is 35.4. The van der Waals surface area contributed by atoms with Crippen molar-refractivity contribution in [2.45, 2.75) is 105 Å². The third kappa shape index (κ3) is 9.21. The number of Topliss-reactive ketones (excluding diaryl/α,β-unsaturated/α-hetero) is 2. The molecule has 1 aliphatic carbocycles. The Morgan fingerprint density at radius 2 is 1.55 bits per heavy atom. The van der Waals surface area contributed by atoms with Crippen molar-refractivity contribution in [2.75, 3.05) is 6.54 Å². The van der Waals surface area contributed by atoms with Gasteiger partial charge in [-0.25, -0.2) is 4.79 Å². The largest absolute Gasteiger partial charge is 0.363 e. The molecule has 1 unspecified atom stereocenters. The van der Waals surface area contributed by atoms with Gasteiger partial charge in [0.05, 0.1) is 12.1 Å². The van der Waals surface area contributed by atoms with Crippen molar-refractivity contribution in [2.24, 2.45) is 34.3 Å². The number of rotatable bonds is 13. The van der Waals surface area contributed by atoms with Gasteiger partial charge in [0.25, 0.3) is 5.91 Å². The van der Waals surface area contributed by atoms with Crippen molar-refractivity contribution in [1.82, 2.24) is 20.9 Å². The summed E-state index contributed by atoms with van der Waals surface area (Å²) >= 11 is 0. The minimum atomic E-state index is -1.14. The van der Waals surface area contributed by atoms with Crippen LogP contribution in [-0.2, 0) is 19.2 Å². The SMILES string of the molecule is C#CC(C)(C)[C@H]1CCN(C(=O)[C@@H](NC(=O)N[C@H](C(=O)c2ccc(C)cc2)C(C)C)C(C)(C)C)[C@@H]1C(=O)NC(CC1CC1)C(=O)C(N)=O. The highest BCUT2D eigenvalue weighted by molar-refractivity contribution is 6.37. The lowest BCUT2D eigenvalue weighted by atomic mass is 9.75. The smallest absolute Gasteiger partial charge is 0.316 e. The predicted octanol–water partition coefficient (Wildman–Crippen LogP) is 3.13.